The highest BCUT2D eigenvalue weighted by atomic mass is 32.1. The molecule has 2 rings (SSSR count). The Morgan fingerprint density at radius 1 is 1.58 bits per heavy atom. The molecule has 0 spiro atoms. The summed E-state index contributed by atoms with van der Waals surface area (Å²) in [6.45, 7) is 5.33. The van der Waals surface area contributed by atoms with Crippen LogP contribution in [-0.2, 0) is 13.3 Å². The normalized spacial score (nSPS) is 15.1. The second-order valence-corrected chi connectivity index (χ2v) is 5.47. The van der Waals surface area contributed by atoms with E-state index in [1.807, 2.05) is 15.3 Å². The number of unbranched alkanes of at least 4 members (excludes halogenated alkanes) is 1. The van der Waals surface area contributed by atoms with Crippen LogP contribution in [0.15, 0.2) is 12.7 Å². The SMILES string of the molecule is C=CCCCN(C)Cn1nc(CO)n(C2CC2)c1=S. The third kappa shape index (κ3) is 3.52. The molecule has 0 amide bonds. The number of rotatable bonds is 8. The van der Waals surface area contributed by atoms with Crippen LogP contribution in [0.3, 0.4) is 0 Å². The average molecular weight is 282 g/mol. The maximum absolute atomic E-state index is 9.37. The van der Waals surface area contributed by atoms with Gasteiger partial charge in [0.2, 0.25) is 0 Å². The summed E-state index contributed by atoms with van der Waals surface area (Å²) in [6.07, 6.45) is 6.33. The fraction of sp³-hybridized carbons (Fsp3) is 0.692. The predicted molar refractivity (Wildman–Crippen MR) is 77.3 cm³/mol. The summed E-state index contributed by atoms with van der Waals surface area (Å²) in [7, 11) is 2.06. The van der Waals surface area contributed by atoms with Gasteiger partial charge in [-0.1, -0.05) is 6.08 Å². The average Bonchev–Trinajstić information content (AvgIpc) is 3.17. The topological polar surface area (TPSA) is 46.2 Å². The predicted octanol–water partition coefficient (Wildman–Crippen LogP) is 2.10. The summed E-state index contributed by atoms with van der Waals surface area (Å²) in [4.78, 5) is 2.19. The van der Waals surface area contributed by atoms with Gasteiger partial charge in [-0.3, -0.25) is 9.47 Å². The second kappa shape index (κ2) is 6.45. The zero-order valence-electron chi connectivity index (χ0n) is 11.5. The molecule has 0 aliphatic heterocycles. The Hall–Kier alpha value is -0.980. The van der Waals surface area contributed by atoms with Crippen molar-refractivity contribution < 1.29 is 5.11 Å². The van der Waals surface area contributed by atoms with Gasteiger partial charge in [-0.2, -0.15) is 5.10 Å². The molecule has 1 aromatic heterocycles. The van der Waals surface area contributed by atoms with Crippen molar-refractivity contribution in [3.63, 3.8) is 0 Å². The Kier molecular flexibility index (Phi) is 4.90. The lowest BCUT2D eigenvalue weighted by Crippen LogP contribution is -2.24. The van der Waals surface area contributed by atoms with Crippen LogP contribution < -0.4 is 0 Å². The Labute approximate surface area is 119 Å². The molecular formula is C13H22N4OS. The smallest absolute Gasteiger partial charge is 0.199 e. The van der Waals surface area contributed by atoms with Crippen LogP contribution in [0.2, 0.25) is 0 Å². The van der Waals surface area contributed by atoms with Gasteiger partial charge < -0.3 is 5.11 Å². The molecule has 0 radical (unpaired) electrons. The summed E-state index contributed by atoms with van der Waals surface area (Å²) in [6, 6.07) is 0.453. The number of hydrogen-bond donors (Lipinski definition) is 1. The molecule has 1 aliphatic rings. The van der Waals surface area contributed by atoms with Crippen LogP contribution in [-0.4, -0.2) is 37.9 Å². The van der Waals surface area contributed by atoms with E-state index in [2.05, 4.69) is 23.6 Å². The zero-order chi connectivity index (χ0) is 13.8. The first kappa shape index (κ1) is 14.4. The van der Waals surface area contributed by atoms with Crippen LogP contribution in [0, 0.1) is 4.77 Å². The zero-order valence-corrected chi connectivity index (χ0v) is 12.3. The molecule has 1 heterocycles. The first-order valence-corrected chi connectivity index (χ1v) is 7.16. The van der Waals surface area contributed by atoms with Crippen LogP contribution in [0.1, 0.15) is 37.5 Å². The van der Waals surface area contributed by atoms with Crippen molar-refractivity contribution >= 4 is 12.2 Å². The van der Waals surface area contributed by atoms with Gasteiger partial charge in [0.25, 0.3) is 0 Å². The highest BCUT2D eigenvalue weighted by Crippen LogP contribution is 2.36. The van der Waals surface area contributed by atoms with Crippen LogP contribution in [0.25, 0.3) is 0 Å². The monoisotopic (exact) mass is 282 g/mol. The number of hydrogen-bond acceptors (Lipinski definition) is 4. The van der Waals surface area contributed by atoms with Gasteiger partial charge in [-0.15, -0.1) is 6.58 Å². The first-order chi connectivity index (χ1) is 9.17. The van der Waals surface area contributed by atoms with Crippen molar-refractivity contribution in [2.45, 2.75) is 45.0 Å². The molecule has 0 aromatic carbocycles. The van der Waals surface area contributed by atoms with E-state index in [4.69, 9.17) is 12.2 Å². The fourth-order valence-corrected chi connectivity index (χ4v) is 2.52. The van der Waals surface area contributed by atoms with Gasteiger partial charge in [0.1, 0.15) is 6.61 Å². The largest absolute Gasteiger partial charge is 0.388 e. The Morgan fingerprint density at radius 3 is 2.89 bits per heavy atom. The molecule has 0 atom stereocenters. The van der Waals surface area contributed by atoms with E-state index < -0.39 is 0 Å². The summed E-state index contributed by atoms with van der Waals surface area (Å²) >= 11 is 5.46. The minimum Gasteiger partial charge on any atom is -0.388 e. The first-order valence-electron chi connectivity index (χ1n) is 6.76. The summed E-state index contributed by atoms with van der Waals surface area (Å²) in [5.74, 6) is 0.687. The molecule has 5 nitrogen and oxygen atoms in total. The molecule has 1 fully saturated rings. The standard InChI is InChI=1S/C13H22N4OS/c1-3-4-5-8-15(2)10-16-13(19)17(11-6-7-11)12(9-18)14-16/h3,11,18H,1,4-10H2,2H3. The molecule has 0 unspecified atom stereocenters. The fourth-order valence-electron chi connectivity index (χ4n) is 2.17. The van der Waals surface area contributed by atoms with Crippen molar-refractivity contribution in [3.8, 4) is 0 Å². The molecule has 106 valence electrons. The van der Waals surface area contributed by atoms with Crippen LogP contribution >= 0.6 is 12.2 Å². The van der Waals surface area contributed by atoms with Crippen molar-refractivity contribution in [1.82, 2.24) is 19.2 Å². The highest BCUT2D eigenvalue weighted by Gasteiger charge is 2.28. The van der Waals surface area contributed by atoms with E-state index in [0.717, 1.165) is 37.0 Å². The molecule has 0 bridgehead atoms. The lowest BCUT2D eigenvalue weighted by atomic mass is 10.3. The number of aromatic nitrogens is 3. The number of nitrogens with zero attached hydrogens (tertiary/aromatic N) is 4. The third-order valence-corrected chi connectivity index (χ3v) is 3.73. The van der Waals surface area contributed by atoms with Crippen LogP contribution in [0.4, 0.5) is 0 Å². The van der Waals surface area contributed by atoms with E-state index in [-0.39, 0.29) is 6.61 Å². The van der Waals surface area contributed by atoms with Gasteiger partial charge >= 0.3 is 0 Å². The Bertz CT molecular complexity index is 489. The minimum absolute atomic E-state index is 0.0483. The molecule has 0 saturated heterocycles. The Balaban J connectivity index is 2.04. The molecule has 1 saturated carbocycles. The van der Waals surface area contributed by atoms with Crippen molar-refractivity contribution in [2.75, 3.05) is 13.6 Å². The number of allylic oxidation sites excluding steroid dienone is 1. The second-order valence-electron chi connectivity index (χ2n) is 5.11. The van der Waals surface area contributed by atoms with E-state index in [1.54, 1.807) is 0 Å². The molecule has 1 aromatic rings. The van der Waals surface area contributed by atoms with Crippen LogP contribution in [0.5, 0.6) is 0 Å². The van der Waals surface area contributed by atoms with Gasteiger partial charge in [-0.25, -0.2) is 4.68 Å². The summed E-state index contributed by atoms with van der Waals surface area (Å²) in [5, 5.41) is 13.8. The minimum atomic E-state index is -0.0483. The maximum atomic E-state index is 9.37. The van der Waals surface area contributed by atoms with Crippen molar-refractivity contribution in [1.29, 1.82) is 0 Å². The van der Waals surface area contributed by atoms with Crippen molar-refractivity contribution in [3.05, 3.63) is 23.3 Å². The van der Waals surface area contributed by atoms with E-state index >= 15 is 0 Å². The summed E-state index contributed by atoms with van der Waals surface area (Å²) in [5.41, 5.74) is 0. The van der Waals surface area contributed by atoms with E-state index in [0.29, 0.717) is 18.5 Å². The number of aliphatic hydroxyl groups is 1. The molecule has 19 heavy (non-hydrogen) atoms. The quantitative estimate of drug-likeness (QED) is 0.450. The molecular weight excluding hydrogens is 260 g/mol. The van der Waals surface area contributed by atoms with Gasteiger partial charge in [0, 0.05) is 6.04 Å². The lowest BCUT2D eigenvalue weighted by molar-refractivity contribution is 0.243. The number of aliphatic hydroxyl groups excluding tert-OH is 1. The molecule has 1 aliphatic carbocycles. The van der Waals surface area contributed by atoms with Gasteiger partial charge in [0.15, 0.2) is 10.6 Å². The third-order valence-electron chi connectivity index (χ3n) is 3.32. The molecule has 6 heteroatoms. The van der Waals surface area contributed by atoms with Gasteiger partial charge in [0.05, 0.1) is 6.67 Å². The Morgan fingerprint density at radius 2 is 2.32 bits per heavy atom. The molecule has 1 N–H and O–H groups in total. The highest BCUT2D eigenvalue weighted by molar-refractivity contribution is 7.71. The van der Waals surface area contributed by atoms with E-state index in [9.17, 15) is 5.11 Å². The summed E-state index contributed by atoms with van der Waals surface area (Å²) < 4.78 is 4.54. The lowest BCUT2D eigenvalue weighted by Gasteiger charge is -2.15. The van der Waals surface area contributed by atoms with Crippen molar-refractivity contribution in [2.24, 2.45) is 0 Å². The van der Waals surface area contributed by atoms with E-state index in [1.165, 1.54) is 0 Å². The maximum Gasteiger partial charge on any atom is 0.199 e. The van der Waals surface area contributed by atoms with Gasteiger partial charge in [-0.05, 0) is 51.5 Å².